The number of aliphatic hydroxyl groups excluding tert-OH is 1. The van der Waals surface area contributed by atoms with Crippen molar-refractivity contribution in [3.63, 3.8) is 0 Å². The van der Waals surface area contributed by atoms with Crippen molar-refractivity contribution in [3.05, 3.63) is 12.2 Å². The minimum Gasteiger partial charge on any atom is -0.617 e. The summed E-state index contributed by atoms with van der Waals surface area (Å²) >= 11 is -0.906. The third-order valence-electron chi connectivity index (χ3n) is 5.70. The zero-order valence-electron chi connectivity index (χ0n) is 17.5. The molecule has 1 saturated carbocycles. The number of allylic oxidation sites excluding steroid dienone is 2. The van der Waals surface area contributed by atoms with E-state index in [0.29, 0.717) is 18.6 Å². The summed E-state index contributed by atoms with van der Waals surface area (Å²) in [7, 11) is 0. The predicted molar refractivity (Wildman–Crippen MR) is 114 cm³/mol. The highest BCUT2D eigenvalue weighted by atomic mass is 32.2. The van der Waals surface area contributed by atoms with Gasteiger partial charge < -0.3 is 14.8 Å². The molecular weight excluding hydrogens is 376 g/mol. The van der Waals surface area contributed by atoms with E-state index in [4.69, 9.17) is 5.11 Å². The summed E-state index contributed by atoms with van der Waals surface area (Å²) in [5, 5.41) is 18.0. The van der Waals surface area contributed by atoms with Gasteiger partial charge in [0.2, 0.25) is 0 Å². The third kappa shape index (κ3) is 9.57. The van der Waals surface area contributed by atoms with Crippen LogP contribution in [0.25, 0.3) is 0 Å². The SMILES string of the molecule is CCCCCCC=C[C@H]1[C@H](C[S+](C)[O-])CC(=O)[C@@H]1CCCCCC(O)C(=O)O. The monoisotopic (exact) mass is 414 g/mol. The van der Waals surface area contributed by atoms with Crippen LogP contribution in [-0.4, -0.2) is 44.6 Å². The van der Waals surface area contributed by atoms with Crippen LogP contribution in [0.15, 0.2) is 12.2 Å². The lowest BCUT2D eigenvalue weighted by Gasteiger charge is -2.21. The Kier molecular flexibility index (Phi) is 12.8. The first-order valence-electron chi connectivity index (χ1n) is 10.8. The Balaban J connectivity index is 2.52. The fourth-order valence-electron chi connectivity index (χ4n) is 4.15. The molecule has 0 aliphatic heterocycles. The summed E-state index contributed by atoms with van der Waals surface area (Å²) < 4.78 is 11.7. The van der Waals surface area contributed by atoms with E-state index in [9.17, 15) is 19.2 Å². The molecule has 0 bridgehead atoms. The lowest BCUT2D eigenvalue weighted by atomic mass is 9.85. The van der Waals surface area contributed by atoms with E-state index in [2.05, 4.69) is 19.1 Å². The molecule has 0 amide bonds. The van der Waals surface area contributed by atoms with Gasteiger partial charge in [-0.2, -0.15) is 0 Å². The Bertz CT molecular complexity index is 491. The Hall–Kier alpha value is -0.850. The predicted octanol–water partition coefficient (Wildman–Crippen LogP) is 4.11. The molecule has 5 nitrogen and oxygen atoms in total. The summed E-state index contributed by atoms with van der Waals surface area (Å²) in [4.78, 5) is 23.2. The third-order valence-corrected chi connectivity index (χ3v) is 6.59. The standard InChI is InChI=1S/C22H38O5S/c1-3-4-5-6-7-9-12-18-17(16-28(2)27)15-21(24)19(18)13-10-8-11-14-20(23)22(25)26/h9,12,17-20,23H,3-8,10-11,13-16H2,1-2H3,(H,25,26)/t17-,18-,19+,20?,28?/m0/s1. The summed E-state index contributed by atoms with van der Waals surface area (Å²) in [5.41, 5.74) is 0. The van der Waals surface area contributed by atoms with Crippen molar-refractivity contribution < 1.29 is 24.4 Å². The lowest BCUT2D eigenvalue weighted by Crippen LogP contribution is -2.21. The van der Waals surface area contributed by atoms with Gasteiger partial charge in [0.25, 0.3) is 0 Å². The number of carbonyl (C=O) groups excluding carboxylic acids is 1. The Labute approximate surface area is 173 Å². The van der Waals surface area contributed by atoms with Gasteiger partial charge in [-0.05, 0) is 31.6 Å². The van der Waals surface area contributed by atoms with Crippen LogP contribution in [0.2, 0.25) is 0 Å². The maximum Gasteiger partial charge on any atom is 0.332 e. The van der Waals surface area contributed by atoms with Gasteiger partial charge in [0.15, 0.2) is 6.10 Å². The molecule has 1 fully saturated rings. The van der Waals surface area contributed by atoms with Crippen LogP contribution >= 0.6 is 0 Å². The van der Waals surface area contributed by atoms with Gasteiger partial charge in [0, 0.05) is 18.3 Å². The highest BCUT2D eigenvalue weighted by Crippen LogP contribution is 2.39. The van der Waals surface area contributed by atoms with Gasteiger partial charge in [-0.1, -0.05) is 68.8 Å². The summed E-state index contributed by atoms with van der Waals surface area (Å²) in [6.07, 6.45) is 14.6. The average molecular weight is 415 g/mol. The van der Waals surface area contributed by atoms with Gasteiger partial charge in [-0.15, -0.1) is 0 Å². The van der Waals surface area contributed by atoms with E-state index in [0.717, 1.165) is 25.7 Å². The number of unbranched alkanes of at least 4 members (excludes halogenated alkanes) is 6. The van der Waals surface area contributed by atoms with Crippen molar-refractivity contribution in [2.24, 2.45) is 17.8 Å². The molecule has 1 aliphatic rings. The Morgan fingerprint density at radius 3 is 2.61 bits per heavy atom. The van der Waals surface area contributed by atoms with Crippen LogP contribution in [-0.2, 0) is 20.8 Å². The molecule has 0 aromatic rings. The summed E-state index contributed by atoms with van der Waals surface area (Å²) in [6, 6.07) is 0. The fraction of sp³-hybridized carbons (Fsp3) is 0.818. The number of rotatable bonds is 15. The number of hydrogen-bond donors (Lipinski definition) is 2. The highest BCUT2D eigenvalue weighted by Gasteiger charge is 2.41. The first-order valence-corrected chi connectivity index (χ1v) is 12.5. The molecule has 0 heterocycles. The average Bonchev–Trinajstić information content (AvgIpc) is 2.91. The van der Waals surface area contributed by atoms with E-state index in [1.54, 1.807) is 6.26 Å². The second-order valence-corrected chi connectivity index (χ2v) is 9.60. The van der Waals surface area contributed by atoms with Crippen LogP contribution < -0.4 is 0 Å². The zero-order chi connectivity index (χ0) is 20.9. The minimum absolute atomic E-state index is 0.00941. The number of aliphatic carboxylic acids is 1. The molecule has 6 heteroatoms. The largest absolute Gasteiger partial charge is 0.617 e. The number of carboxylic acid groups (broad SMARTS) is 1. The van der Waals surface area contributed by atoms with E-state index in [1.165, 1.54) is 25.7 Å². The molecular formula is C22H38O5S. The van der Waals surface area contributed by atoms with E-state index < -0.39 is 23.2 Å². The Morgan fingerprint density at radius 2 is 1.96 bits per heavy atom. The maximum absolute atomic E-state index is 12.6. The number of hydrogen-bond acceptors (Lipinski definition) is 4. The zero-order valence-corrected chi connectivity index (χ0v) is 18.3. The lowest BCUT2D eigenvalue weighted by molar-refractivity contribution is -0.147. The maximum atomic E-state index is 12.6. The molecule has 2 N–H and O–H groups in total. The number of ketones is 1. The fourth-order valence-corrected chi connectivity index (χ4v) is 5.09. The van der Waals surface area contributed by atoms with E-state index in [-0.39, 0.29) is 30.0 Å². The minimum atomic E-state index is -1.29. The van der Waals surface area contributed by atoms with Crippen molar-refractivity contribution in [2.45, 2.75) is 83.7 Å². The number of carbonyl (C=O) groups is 2. The number of aliphatic hydroxyl groups is 1. The van der Waals surface area contributed by atoms with Gasteiger partial charge in [-0.3, -0.25) is 4.79 Å². The smallest absolute Gasteiger partial charge is 0.332 e. The first-order chi connectivity index (χ1) is 13.4. The van der Waals surface area contributed by atoms with Crippen molar-refractivity contribution in [2.75, 3.05) is 12.0 Å². The summed E-state index contributed by atoms with van der Waals surface area (Å²) in [5.74, 6) is 0.0194. The van der Waals surface area contributed by atoms with Crippen LogP contribution in [0.5, 0.6) is 0 Å². The quantitative estimate of drug-likeness (QED) is 0.239. The molecule has 0 aromatic heterocycles. The molecule has 0 aromatic carbocycles. The molecule has 0 saturated heterocycles. The molecule has 1 rings (SSSR count). The second kappa shape index (κ2) is 14.2. The summed E-state index contributed by atoms with van der Waals surface area (Å²) in [6.45, 7) is 2.20. The van der Waals surface area contributed by atoms with Crippen molar-refractivity contribution in [1.82, 2.24) is 0 Å². The van der Waals surface area contributed by atoms with Crippen LogP contribution in [0, 0.1) is 17.8 Å². The molecule has 2 unspecified atom stereocenters. The topological polar surface area (TPSA) is 97.7 Å². The molecule has 5 atom stereocenters. The molecule has 28 heavy (non-hydrogen) atoms. The molecule has 162 valence electrons. The number of carboxylic acids is 1. The normalized spacial score (nSPS) is 24.7. The van der Waals surface area contributed by atoms with Crippen LogP contribution in [0.3, 0.4) is 0 Å². The van der Waals surface area contributed by atoms with Gasteiger partial charge in [0.05, 0.1) is 6.26 Å². The second-order valence-electron chi connectivity index (χ2n) is 8.12. The van der Waals surface area contributed by atoms with Crippen molar-refractivity contribution in [3.8, 4) is 0 Å². The highest BCUT2D eigenvalue weighted by molar-refractivity contribution is 7.90. The molecule has 0 radical (unpaired) electrons. The Morgan fingerprint density at radius 1 is 1.25 bits per heavy atom. The van der Waals surface area contributed by atoms with Gasteiger partial charge >= 0.3 is 5.97 Å². The number of Topliss-reactive ketones (excluding diaryl/α,β-unsaturated/α-hetero) is 1. The first kappa shape index (κ1) is 25.2. The van der Waals surface area contributed by atoms with E-state index >= 15 is 0 Å². The molecule has 0 spiro atoms. The molecule has 1 aliphatic carbocycles. The van der Waals surface area contributed by atoms with E-state index in [1.807, 2.05) is 0 Å². The van der Waals surface area contributed by atoms with Crippen molar-refractivity contribution >= 4 is 22.9 Å². The van der Waals surface area contributed by atoms with Gasteiger partial charge in [-0.25, -0.2) is 4.79 Å². The van der Waals surface area contributed by atoms with Gasteiger partial charge in [0.1, 0.15) is 11.5 Å². The van der Waals surface area contributed by atoms with Crippen LogP contribution in [0.1, 0.15) is 77.6 Å². The van der Waals surface area contributed by atoms with Crippen LogP contribution in [0.4, 0.5) is 0 Å². The van der Waals surface area contributed by atoms with Crippen molar-refractivity contribution in [1.29, 1.82) is 0 Å².